The van der Waals surface area contributed by atoms with Crippen molar-refractivity contribution in [3.05, 3.63) is 41.1 Å². The standard InChI is InChI=1S/C17H24N4O/c1-5-6-10-20(4)17(22)14-11-16(18)21(19-14)15-9-7-8-12(2)13(15)3/h7-9,11H,5-6,10,18H2,1-4H3. The van der Waals surface area contributed by atoms with E-state index in [2.05, 4.69) is 12.0 Å². The largest absolute Gasteiger partial charge is 0.384 e. The molecule has 2 N–H and O–H groups in total. The minimum absolute atomic E-state index is 0.0933. The van der Waals surface area contributed by atoms with Gasteiger partial charge in [-0.1, -0.05) is 25.5 Å². The van der Waals surface area contributed by atoms with Crippen molar-refractivity contribution in [2.45, 2.75) is 33.6 Å². The van der Waals surface area contributed by atoms with Crippen molar-refractivity contribution in [2.24, 2.45) is 0 Å². The third-order valence-electron chi connectivity index (χ3n) is 3.95. The Morgan fingerprint density at radius 1 is 1.36 bits per heavy atom. The Morgan fingerprint density at radius 2 is 2.09 bits per heavy atom. The number of hydrogen-bond donors (Lipinski definition) is 1. The van der Waals surface area contributed by atoms with Gasteiger partial charge in [-0.05, 0) is 37.5 Å². The summed E-state index contributed by atoms with van der Waals surface area (Å²) in [6, 6.07) is 7.62. The molecule has 1 amide bonds. The zero-order valence-electron chi connectivity index (χ0n) is 13.8. The van der Waals surface area contributed by atoms with E-state index in [1.807, 2.05) is 32.0 Å². The maximum Gasteiger partial charge on any atom is 0.274 e. The third kappa shape index (κ3) is 3.13. The number of amides is 1. The van der Waals surface area contributed by atoms with Gasteiger partial charge in [0.25, 0.3) is 5.91 Å². The molecule has 0 spiro atoms. The van der Waals surface area contributed by atoms with Crippen LogP contribution in [-0.4, -0.2) is 34.2 Å². The summed E-state index contributed by atoms with van der Waals surface area (Å²) in [7, 11) is 1.80. The molecule has 2 aromatic rings. The molecule has 118 valence electrons. The summed E-state index contributed by atoms with van der Waals surface area (Å²) in [4.78, 5) is 14.1. The van der Waals surface area contributed by atoms with Gasteiger partial charge in [-0.3, -0.25) is 4.79 Å². The molecule has 2 rings (SSSR count). The van der Waals surface area contributed by atoms with Gasteiger partial charge in [0.15, 0.2) is 5.69 Å². The maximum atomic E-state index is 12.4. The summed E-state index contributed by atoms with van der Waals surface area (Å²) in [5.41, 5.74) is 9.63. The Balaban J connectivity index is 2.32. The molecule has 0 radical (unpaired) electrons. The molecule has 0 aliphatic heterocycles. The SMILES string of the molecule is CCCCN(C)C(=O)c1cc(N)n(-c2cccc(C)c2C)n1. The topological polar surface area (TPSA) is 64.2 Å². The summed E-state index contributed by atoms with van der Waals surface area (Å²) in [6.45, 7) is 6.90. The highest BCUT2D eigenvalue weighted by Gasteiger charge is 2.18. The summed E-state index contributed by atoms with van der Waals surface area (Å²) < 4.78 is 1.64. The first-order chi connectivity index (χ1) is 10.5. The van der Waals surface area contributed by atoms with Crippen LogP contribution in [0.4, 0.5) is 5.82 Å². The van der Waals surface area contributed by atoms with Gasteiger partial charge in [0, 0.05) is 19.7 Å². The van der Waals surface area contributed by atoms with E-state index >= 15 is 0 Å². The van der Waals surface area contributed by atoms with E-state index in [1.165, 1.54) is 5.56 Å². The van der Waals surface area contributed by atoms with Crippen molar-refractivity contribution >= 4 is 11.7 Å². The number of carbonyl (C=O) groups is 1. The van der Waals surface area contributed by atoms with Crippen LogP contribution < -0.4 is 5.73 Å². The number of benzene rings is 1. The van der Waals surface area contributed by atoms with Crippen LogP contribution in [0, 0.1) is 13.8 Å². The summed E-state index contributed by atoms with van der Waals surface area (Å²) >= 11 is 0. The second-order valence-electron chi connectivity index (χ2n) is 5.67. The number of carbonyl (C=O) groups excluding carboxylic acids is 1. The van der Waals surface area contributed by atoms with Crippen LogP contribution in [0.15, 0.2) is 24.3 Å². The first kappa shape index (κ1) is 16.1. The number of nitrogens with zero attached hydrogens (tertiary/aromatic N) is 3. The van der Waals surface area contributed by atoms with E-state index in [0.717, 1.165) is 30.6 Å². The third-order valence-corrected chi connectivity index (χ3v) is 3.95. The Morgan fingerprint density at radius 3 is 2.77 bits per heavy atom. The van der Waals surface area contributed by atoms with E-state index in [9.17, 15) is 4.79 Å². The highest BCUT2D eigenvalue weighted by molar-refractivity contribution is 5.93. The van der Waals surface area contributed by atoms with Gasteiger partial charge in [0.05, 0.1) is 5.69 Å². The van der Waals surface area contributed by atoms with Crippen LogP contribution in [0.5, 0.6) is 0 Å². The first-order valence-corrected chi connectivity index (χ1v) is 7.63. The van der Waals surface area contributed by atoms with Gasteiger partial charge in [-0.2, -0.15) is 5.10 Å². The van der Waals surface area contributed by atoms with Crippen LogP contribution in [-0.2, 0) is 0 Å². The molecule has 0 aliphatic rings. The first-order valence-electron chi connectivity index (χ1n) is 7.63. The number of unbranched alkanes of at least 4 members (excludes halogenated alkanes) is 1. The molecule has 0 fully saturated rings. The van der Waals surface area contributed by atoms with Gasteiger partial charge in [0.1, 0.15) is 5.82 Å². The lowest BCUT2D eigenvalue weighted by molar-refractivity contribution is 0.0787. The molecule has 0 saturated carbocycles. The number of nitrogens with two attached hydrogens (primary N) is 1. The summed E-state index contributed by atoms with van der Waals surface area (Å²) in [5.74, 6) is 0.380. The van der Waals surface area contributed by atoms with Crippen LogP contribution in [0.25, 0.3) is 5.69 Å². The van der Waals surface area contributed by atoms with Crippen molar-refractivity contribution in [1.29, 1.82) is 0 Å². The summed E-state index contributed by atoms with van der Waals surface area (Å²) in [6.07, 6.45) is 2.03. The van der Waals surface area contributed by atoms with Gasteiger partial charge in [-0.25, -0.2) is 4.68 Å². The van der Waals surface area contributed by atoms with Crippen molar-refractivity contribution in [2.75, 3.05) is 19.3 Å². The average molecular weight is 300 g/mol. The predicted molar refractivity (Wildman–Crippen MR) is 89.3 cm³/mol. The lowest BCUT2D eigenvalue weighted by atomic mass is 10.1. The number of nitrogen functional groups attached to an aromatic ring is 1. The molecule has 5 heteroatoms. The quantitative estimate of drug-likeness (QED) is 0.923. The molecule has 5 nitrogen and oxygen atoms in total. The Hall–Kier alpha value is -2.30. The van der Waals surface area contributed by atoms with Crippen molar-refractivity contribution in [3.8, 4) is 5.69 Å². The van der Waals surface area contributed by atoms with E-state index in [4.69, 9.17) is 5.73 Å². The minimum atomic E-state index is -0.0933. The molecule has 0 aliphatic carbocycles. The fourth-order valence-corrected chi connectivity index (χ4v) is 2.35. The van der Waals surface area contributed by atoms with Crippen molar-refractivity contribution < 1.29 is 4.79 Å². The molecular formula is C17H24N4O. The molecule has 0 bridgehead atoms. The monoisotopic (exact) mass is 300 g/mol. The maximum absolute atomic E-state index is 12.4. The van der Waals surface area contributed by atoms with E-state index in [-0.39, 0.29) is 5.91 Å². The fourth-order valence-electron chi connectivity index (χ4n) is 2.35. The van der Waals surface area contributed by atoms with Crippen LogP contribution in [0.3, 0.4) is 0 Å². The molecule has 0 atom stereocenters. The van der Waals surface area contributed by atoms with E-state index in [1.54, 1.807) is 22.7 Å². The molecule has 0 unspecified atom stereocenters. The lowest BCUT2D eigenvalue weighted by Gasteiger charge is -2.15. The molecule has 22 heavy (non-hydrogen) atoms. The zero-order chi connectivity index (χ0) is 16.3. The second kappa shape index (κ2) is 6.64. The lowest BCUT2D eigenvalue weighted by Crippen LogP contribution is -2.28. The predicted octanol–water partition coefficient (Wildman–Crippen LogP) is 2.94. The van der Waals surface area contributed by atoms with E-state index in [0.29, 0.717) is 11.5 Å². The minimum Gasteiger partial charge on any atom is -0.384 e. The van der Waals surface area contributed by atoms with Gasteiger partial charge >= 0.3 is 0 Å². The van der Waals surface area contributed by atoms with Gasteiger partial charge in [0.2, 0.25) is 0 Å². The Bertz CT molecular complexity index is 675. The van der Waals surface area contributed by atoms with Crippen LogP contribution in [0.2, 0.25) is 0 Å². The number of anilines is 1. The fraction of sp³-hybridized carbons (Fsp3) is 0.412. The smallest absolute Gasteiger partial charge is 0.274 e. The highest BCUT2D eigenvalue weighted by Crippen LogP contribution is 2.21. The zero-order valence-corrected chi connectivity index (χ0v) is 13.8. The molecular weight excluding hydrogens is 276 g/mol. The number of rotatable bonds is 5. The normalized spacial score (nSPS) is 10.7. The van der Waals surface area contributed by atoms with Crippen molar-refractivity contribution in [3.63, 3.8) is 0 Å². The number of aromatic nitrogens is 2. The molecule has 1 aromatic carbocycles. The number of aryl methyl sites for hydroxylation is 1. The number of hydrogen-bond acceptors (Lipinski definition) is 3. The molecule has 0 saturated heterocycles. The summed E-state index contributed by atoms with van der Waals surface area (Å²) in [5, 5.41) is 4.41. The van der Waals surface area contributed by atoms with Gasteiger partial charge in [-0.15, -0.1) is 0 Å². The molecule has 1 aromatic heterocycles. The van der Waals surface area contributed by atoms with Crippen molar-refractivity contribution in [1.82, 2.24) is 14.7 Å². The second-order valence-corrected chi connectivity index (χ2v) is 5.67. The van der Waals surface area contributed by atoms with Gasteiger partial charge < -0.3 is 10.6 Å². The Kier molecular flexibility index (Phi) is 4.85. The van der Waals surface area contributed by atoms with Crippen LogP contribution in [0.1, 0.15) is 41.4 Å². The Labute approximate surface area is 131 Å². The molecule has 1 heterocycles. The average Bonchev–Trinajstić information content (AvgIpc) is 2.88. The van der Waals surface area contributed by atoms with Crippen LogP contribution >= 0.6 is 0 Å². The highest BCUT2D eigenvalue weighted by atomic mass is 16.2. The van der Waals surface area contributed by atoms with E-state index < -0.39 is 0 Å².